The fourth-order valence-electron chi connectivity index (χ4n) is 4.38. The van der Waals surface area contributed by atoms with Crippen LogP contribution in [-0.4, -0.2) is 23.6 Å². The van der Waals surface area contributed by atoms with E-state index in [1.807, 2.05) is 24.3 Å². The Balaban J connectivity index is 1.46. The Morgan fingerprint density at radius 2 is 1.54 bits per heavy atom. The van der Waals surface area contributed by atoms with Crippen molar-refractivity contribution in [3.8, 4) is 0 Å². The van der Waals surface area contributed by atoms with Gasteiger partial charge in [0.2, 0.25) is 5.91 Å². The van der Waals surface area contributed by atoms with Crippen LogP contribution in [0.4, 0.5) is 5.69 Å². The van der Waals surface area contributed by atoms with E-state index in [0.29, 0.717) is 33.0 Å². The summed E-state index contributed by atoms with van der Waals surface area (Å²) in [6.07, 6.45) is 5.45. The van der Waals surface area contributed by atoms with E-state index in [-0.39, 0.29) is 23.6 Å². The van der Waals surface area contributed by atoms with Gasteiger partial charge in [-0.1, -0.05) is 79.4 Å². The van der Waals surface area contributed by atoms with Crippen LogP contribution in [0.25, 0.3) is 0 Å². The minimum atomic E-state index is -0.533. The van der Waals surface area contributed by atoms with Gasteiger partial charge in [-0.15, -0.1) is 0 Å². The first kappa shape index (κ1) is 24.7. The molecule has 1 aliphatic rings. The number of hydrogen-bond donors (Lipinski definition) is 2. The van der Waals surface area contributed by atoms with Gasteiger partial charge < -0.3 is 10.6 Å². The van der Waals surface area contributed by atoms with E-state index in [9.17, 15) is 14.4 Å². The SMILES string of the molecule is C[C@@H](C(=O)Nc1cc(C(=O)NC2CCCCC2)ccc1Cl)c1cccc(C(=O)c2ccccc2)c1. The van der Waals surface area contributed by atoms with Crippen molar-refractivity contribution < 1.29 is 14.4 Å². The summed E-state index contributed by atoms with van der Waals surface area (Å²) in [5.74, 6) is -1.07. The van der Waals surface area contributed by atoms with Gasteiger partial charge in [-0.2, -0.15) is 0 Å². The van der Waals surface area contributed by atoms with Crippen LogP contribution in [-0.2, 0) is 4.79 Å². The van der Waals surface area contributed by atoms with E-state index in [2.05, 4.69) is 10.6 Å². The molecule has 6 heteroatoms. The second kappa shape index (κ2) is 11.3. The lowest BCUT2D eigenvalue weighted by Gasteiger charge is -2.23. The van der Waals surface area contributed by atoms with Crippen LogP contribution >= 0.6 is 11.6 Å². The van der Waals surface area contributed by atoms with Gasteiger partial charge in [0.1, 0.15) is 0 Å². The maximum atomic E-state index is 13.1. The number of carbonyl (C=O) groups is 3. The Morgan fingerprint density at radius 3 is 2.29 bits per heavy atom. The van der Waals surface area contributed by atoms with Crippen LogP contribution in [0.3, 0.4) is 0 Å². The molecular formula is C29H29ClN2O3. The third-order valence-corrected chi connectivity index (χ3v) is 6.83. The molecule has 0 bridgehead atoms. The average Bonchev–Trinajstić information content (AvgIpc) is 2.90. The fraction of sp³-hybridized carbons (Fsp3) is 0.276. The molecule has 3 aromatic rings. The third kappa shape index (κ3) is 6.17. The Hall–Kier alpha value is -3.44. The fourth-order valence-corrected chi connectivity index (χ4v) is 4.54. The zero-order valence-electron chi connectivity index (χ0n) is 19.7. The van der Waals surface area contributed by atoms with Crippen LogP contribution in [0.5, 0.6) is 0 Å². The highest BCUT2D eigenvalue weighted by molar-refractivity contribution is 6.34. The van der Waals surface area contributed by atoms with Crippen molar-refractivity contribution in [1.29, 1.82) is 0 Å². The smallest absolute Gasteiger partial charge is 0.251 e. The van der Waals surface area contributed by atoms with Crippen LogP contribution in [0, 0.1) is 0 Å². The lowest BCUT2D eigenvalue weighted by atomic mass is 9.95. The molecule has 0 heterocycles. The summed E-state index contributed by atoms with van der Waals surface area (Å²) in [4.78, 5) is 38.6. The molecule has 0 saturated heterocycles. The summed E-state index contributed by atoms with van der Waals surface area (Å²) in [5, 5.41) is 6.29. The molecule has 0 spiro atoms. The summed E-state index contributed by atoms with van der Waals surface area (Å²) in [7, 11) is 0. The van der Waals surface area contributed by atoms with Crippen LogP contribution in [0.2, 0.25) is 5.02 Å². The first-order valence-corrected chi connectivity index (χ1v) is 12.4. The molecule has 5 nitrogen and oxygen atoms in total. The molecule has 1 saturated carbocycles. The number of carbonyl (C=O) groups excluding carboxylic acids is 3. The summed E-state index contributed by atoms with van der Waals surface area (Å²) < 4.78 is 0. The largest absolute Gasteiger partial charge is 0.349 e. The minimum absolute atomic E-state index is 0.0974. The number of rotatable bonds is 7. The van der Waals surface area contributed by atoms with Crippen molar-refractivity contribution >= 4 is 34.9 Å². The highest BCUT2D eigenvalue weighted by atomic mass is 35.5. The molecule has 180 valence electrons. The molecule has 1 atom stereocenters. The van der Waals surface area contributed by atoms with E-state index in [1.165, 1.54) is 6.42 Å². The second-order valence-electron chi connectivity index (χ2n) is 9.03. The van der Waals surface area contributed by atoms with Crippen molar-refractivity contribution in [2.24, 2.45) is 0 Å². The standard InChI is InChI=1S/C29H29ClN2O3/c1-19(21-11-8-12-22(17-21)27(33)20-9-4-2-5-10-20)28(34)32-26-18-23(15-16-25(26)30)29(35)31-24-13-6-3-7-14-24/h2,4-5,8-12,15-19,24H,3,6-7,13-14H2,1H3,(H,31,35)(H,32,34)/t19-/m1/s1. The molecule has 0 aromatic heterocycles. The van der Waals surface area contributed by atoms with E-state index >= 15 is 0 Å². The molecule has 35 heavy (non-hydrogen) atoms. The number of ketones is 1. The summed E-state index contributed by atoms with van der Waals surface area (Å²) in [6, 6.07) is 21.2. The first-order valence-electron chi connectivity index (χ1n) is 12.0. The van der Waals surface area contributed by atoms with Crippen molar-refractivity contribution in [3.63, 3.8) is 0 Å². The number of nitrogens with one attached hydrogen (secondary N) is 2. The average molecular weight is 489 g/mol. The molecule has 4 rings (SSSR count). The van der Waals surface area contributed by atoms with Crippen molar-refractivity contribution in [3.05, 3.63) is 100 Å². The lowest BCUT2D eigenvalue weighted by molar-refractivity contribution is -0.117. The predicted octanol–water partition coefficient (Wildman–Crippen LogP) is 6.38. The van der Waals surface area contributed by atoms with E-state index in [1.54, 1.807) is 55.5 Å². The highest BCUT2D eigenvalue weighted by Gasteiger charge is 2.21. The molecule has 3 aromatic carbocycles. The van der Waals surface area contributed by atoms with Gasteiger partial charge in [0, 0.05) is 22.7 Å². The Morgan fingerprint density at radius 1 is 0.829 bits per heavy atom. The van der Waals surface area contributed by atoms with Crippen LogP contribution < -0.4 is 10.6 Å². The van der Waals surface area contributed by atoms with Gasteiger partial charge in [0.05, 0.1) is 16.6 Å². The third-order valence-electron chi connectivity index (χ3n) is 6.50. The van der Waals surface area contributed by atoms with E-state index in [0.717, 1.165) is 25.7 Å². The Labute approximate surface area is 210 Å². The molecule has 0 unspecified atom stereocenters. The molecule has 0 radical (unpaired) electrons. The molecule has 1 fully saturated rings. The molecule has 0 aliphatic heterocycles. The van der Waals surface area contributed by atoms with Gasteiger partial charge in [-0.3, -0.25) is 14.4 Å². The normalized spacial score (nSPS) is 14.7. The maximum absolute atomic E-state index is 13.1. The number of halogens is 1. The topological polar surface area (TPSA) is 75.3 Å². The Bertz CT molecular complexity index is 1220. The summed E-state index contributed by atoms with van der Waals surface area (Å²) in [6.45, 7) is 1.77. The van der Waals surface area contributed by atoms with Gasteiger partial charge in [-0.05, 0) is 49.6 Å². The number of benzene rings is 3. The van der Waals surface area contributed by atoms with Crippen LogP contribution in [0.1, 0.15) is 76.8 Å². The van der Waals surface area contributed by atoms with Crippen molar-refractivity contribution in [1.82, 2.24) is 5.32 Å². The number of amides is 2. The summed E-state index contributed by atoms with van der Waals surface area (Å²) >= 11 is 6.33. The Kier molecular flexibility index (Phi) is 7.98. The molecular weight excluding hydrogens is 460 g/mol. The van der Waals surface area contributed by atoms with E-state index < -0.39 is 5.92 Å². The van der Waals surface area contributed by atoms with E-state index in [4.69, 9.17) is 11.6 Å². The van der Waals surface area contributed by atoms with Gasteiger partial charge >= 0.3 is 0 Å². The number of anilines is 1. The molecule has 1 aliphatic carbocycles. The minimum Gasteiger partial charge on any atom is -0.349 e. The first-order chi connectivity index (χ1) is 16.9. The van der Waals surface area contributed by atoms with Gasteiger partial charge in [0.25, 0.3) is 5.91 Å². The van der Waals surface area contributed by atoms with Gasteiger partial charge in [-0.25, -0.2) is 0 Å². The number of hydrogen-bond acceptors (Lipinski definition) is 3. The highest BCUT2D eigenvalue weighted by Crippen LogP contribution is 2.27. The second-order valence-corrected chi connectivity index (χ2v) is 9.44. The quantitative estimate of drug-likeness (QED) is 0.379. The lowest BCUT2D eigenvalue weighted by Crippen LogP contribution is -2.36. The zero-order chi connectivity index (χ0) is 24.8. The zero-order valence-corrected chi connectivity index (χ0v) is 20.5. The summed E-state index contributed by atoms with van der Waals surface area (Å²) in [5.41, 5.74) is 2.67. The maximum Gasteiger partial charge on any atom is 0.251 e. The van der Waals surface area contributed by atoms with Gasteiger partial charge in [0.15, 0.2) is 5.78 Å². The molecule has 2 amide bonds. The predicted molar refractivity (Wildman–Crippen MR) is 139 cm³/mol. The van der Waals surface area contributed by atoms with Crippen LogP contribution in [0.15, 0.2) is 72.8 Å². The van der Waals surface area contributed by atoms with Crippen molar-refractivity contribution in [2.45, 2.75) is 51.0 Å². The molecule has 2 N–H and O–H groups in total. The van der Waals surface area contributed by atoms with Crippen molar-refractivity contribution in [2.75, 3.05) is 5.32 Å². The monoisotopic (exact) mass is 488 g/mol.